The predicted octanol–water partition coefficient (Wildman–Crippen LogP) is -0.0377. The summed E-state index contributed by atoms with van der Waals surface area (Å²) in [6.45, 7) is 7.36. The van der Waals surface area contributed by atoms with Gasteiger partial charge < -0.3 is 25.7 Å². The number of hydrogen-bond donors (Lipinski definition) is 0. The van der Waals surface area contributed by atoms with Crippen molar-refractivity contribution in [3.8, 4) is 5.69 Å². The summed E-state index contributed by atoms with van der Waals surface area (Å²) in [7, 11) is 2.50. The lowest BCUT2D eigenvalue weighted by Gasteiger charge is -2.23. The Morgan fingerprint density at radius 1 is 1.00 bits per heavy atom. The van der Waals surface area contributed by atoms with Crippen molar-refractivity contribution >= 4 is 8.80 Å². The first-order valence-electron chi connectivity index (χ1n) is 8.25. The Balaban J connectivity index is 0.00000312. The van der Waals surface area contributed by atoms with Crippen molar-refractivity contribution < 1.29 is 30.3 Å². The molecule has 0 aliphatic rings. The first-order valence-corrected chi connectivity index (χ1v) is 10.2. The van der Waals surface area contributed by atoms with Crippen LogP contribution in [0.25, 0.3) is 5.69 Å². The second-order valence-electron chi connectivity index (χ2n) is 6.20. The molecule has 0 spiro atoms. The number of halogens is 1. The van der Waals surface area contributed by atoms with Crippen LogP contribution in [-0.2, 0) is 19.8 Å². The number of imidazole rings is 1. The second kappa shape index (κ2) is 9.50. The van der Waals surface area contributed by atoms with E-state index in [-0.39, 0.29) is 12.4 Å². The molecular weight excluding hydrogens is 356 g/mol. The summed E-state index contributed by atoms with van der Waals surface area (Å²) in [5, 5.41) is 0. The molecule has 140 valence electrons. The number of aromatic nitrogens is 2. The van der Waals surface area contributed by atoms with Crippen LogP contribution in [-0.4, -0.2) is 34.7 Å². The Morgan fingerprint density at radius 2 is 1.56 bits per heavy atom. The van der Waals surface area contributed by atoms with E-state index in [1.54, 1.807) is 21.3 Å². The lowest BCUT2D eigenvalue weighted by molar-refractivity contribution is -0.696. The van der Waals surface area contributed by atoms with E-state index in [1.807, 2.05) is 0 Å². The summed E-state index contributed by atoms with van der Waals surface area (Å²) in [5.41, 5.74) is 5.14. The smallest absolute Gasteiger partial charge is 0.500 e. The minimum atomic E-state index is -2.47. The van der Waals surface area contributed by atoms with Gasteiger partial charge in [-0.15, -0.1) is 0 Å². The van der Waals surface area contributed by atoms with Gasteiger partial charge in [0.1, 0.15) is 18.1 Å². The maximum absolute atomic E-state index is 5.47. The van der Waals surface area contributed by atoms with Crippen LogP contribution in [0.3, 0.4) is 0 Å². The van der Waals surface area contributed by atoms with Crippen molar-refractivity contribution in [2.45, 2.75) is 39.8 Å². The fourth-order valence-electron chi connectivity index (χ4n) is 3.27. The zero-order valence-corrected chi connectivity index (χ0v) is 17.8. The quantitative estimate of drug-likeness (QED) is 0.473. The molecule has 0 N–H and O–H groups in total. The average molecular weight is 385 g/mol. The summed E-state index contributed by atoms with van der Waals surface area (Å²) in [6.07, 6.45) is 7.30. The number of hydrogen-bond acceptors (Lipinski definition) is 3. The van der Waals surface area contributed by atoms with Gasteiger partial charge in [0.15, 0.2) is 0 Å². The average Bonchev–Trinajstić information content (AvgIpc) is 2.99. The van der Waals surface area contributed by atoms with Crippen LogP contribution in [0.5, 0.6) is 0 Å². The molecule has 1 aromatic heterocycles. The van der Waals surface area contributed by atoms with E-state index in [1.165, 1.54) is 22.4 Å². The highest BCUT2D eigenvalue weighted by Crippen LogP contribution is 2.20. The van der Waals surface area contributed by atoms with Crippen LogP contribution in [0.15, 0.2) is 30.9 Å². The molecule has 0 aliphatic heterocycles. The zero-order valence-electron chi connectivity index (χ0n) is 16.0. The molecule has 0 atom stereocenters. The Morgan fingerprint density at radius 3 is 2.08 bits per heavy atom. The molecule has 0 aliphatic carbocycles. The van der Waals surface area contributed by atoms with Gasteiger partial charge in [0.25, 0.3) is 0 Å². The molecule has 0 amide bonds. The number of rotatable bonds is 8. The molecule has 0 saturated heterocycles. The molecule has 0 radical (unpaired) electrons. The first-order chi connectivity index (χ1) is 11.4. The van der Waals surface area contributed by atoms with Gasteiger partial charge in [-0.1, -0.05) is 17.7 Å². The topological polar surface area (TPSA) is 36.5 Å². The molecule has 2 aromatic rings. The highest BCUT2D eigenvalue weighted by molar-refractivity contribution is 6.60. The largest absolute Gasteiger partial charge is 1.00 e. The maximum Gasteiger partial charge on any atom is 0.500 e. The molecule has 25 heavy (non-hydrogen) atoms. The van der Waals surface area contributed by atoms with Crippen LogP contribution >= 0.6 is 0 Å². The molecule has 2 rings (SSSR count). The third kappa shape index (κ3) is 5.15. The molecular formula is C18H29ClN2O3Si. The summed E-state index contributed by atoms with van der Waals surface area (Å²) >= 11 is 0. The van der Waals surface area contributed by atoms with Crippen molar-refractivity contribution in [1.29, 1.82) is 0 Å². The van der Waals surface area contributed by atoms with E-state index in [2.05, 4.69) is 60.8 Å². The van der Waals surface area contributed by atoms with E-state index in [0.29, 0.717) is 0 Å². The molecule has 1 aromatic carbocycles. The van der Waals surface area contributed by atoms with Crippen molar-refractivity contribution in [2.24, 2.45) is 0 Å². The van der Waals surface area contributed by atoms with E-state index in [9.17, 15) is 0 Å². The third-order valence-corrected chi connectivity index (χ3v) is 7.25. The van der Waals surface area contributed by atoms with E-state index < -0.39 is 8.80 Å². The van der Waals surface area contributed by atoms with Crippen LogP contribution in [0.4, 0.5) is 0 Å². The van der Waals surface area contributed by atoms with Crippen molar-refractivity contribution in [3.63, 3.8) is 0 Å². The van der Waals surface area contributed by atoms with Gasteiger partial charge in [0, 0.05) is 27.4 Å². The zero-order chi connectivity index (χ0) is 17.7. The van der Waals surface area contributed by atoms with E-state index >= 15 is 0 Å². The highest BCUT2D eigenvalue weighted by Gasteiger charge is 2.37. The summed E-state index contributed by atoms with van der Waals surface area (Å²) in [6, 6.07) is 5.25. The van der Waals surface area contributed by atoms with Gasteiger partial charge in [-0.3, -0.25) is 0 Å². The van der Waals surface area contributed by atoms with Crippen molar-refractivity contribution in [2.75, 3.05) is 21.3 Å². The number of benzene rings is 1. The van der Waals surface area contributed by atoms with Crippen LogP contribution in [0.1, 0.15) is 23.1 Å². The number of aryl methyl sites for hydroxylation is 4. The fraction of sp³-hybridized carbons (Fsp3) is 0.500. The molecule has 0 bridgehead atoms. The summed E-state index contributed by atoms with van der Waals surface area (Å²) < 4.78 is 20.8. The van der Waals surface area contributed by atoms with Crippen LogP contribution in [0.2, 0.25) is 6.04 Å². The lowest BCUT2D eigenvalue weighted by Crippen LogP contribution is -3.00. The van der Waals surface area contributed by atoms with Gasteiger partial charge in [0.2, 0.25) is 6.33 Å². The predicted molar refractivity (Wildman–Crippen MR) is 96.4 cm³/mol. The Bertz CT molecular complexity index is 655. The van der Waals surface area contributed by atoms with Crippen molar-refractivity contribution in [3.05, 3.63) is 47.5 Å². The second-order valence-corrected chi connectivity index (χ2v) is 9.30. The Labute approximate surface area is 158 Å². The molecule has 1 heterocycles. The molecule has 5 nitrogen and oxygen atoms in total. The first kappa shape index (κ1) is 21.9. The SMILES string of the molecule is CO[Si](CCC[n+]1ccn(-c2c(C)cc(C)cc2C)c1)(OC)OC.[Cl-]. The highest BCUT2D eigenvalue weighted by atomic mass is 35.5. The van der Waals surface area contributed by atoms with Gasteiger partial charge in [-0.05, 0) is 38.3 Å². The summed E-state index contributed by atoms with van der Waals surface area (Å²) in [4.78, 5) is 0. The Kier molecular flexibility index (Phi) is 8.30. The normalized spacial score (nSPS) is 11.4. The van der Waals surface area contributed by atoms with Gasteiger partial charge in [-0.25, -0.2) is 9.13 Å². The van der Waals surface area contributed by atoms with Gasteiger partial charge in [0.05, 0.1) is 6.54 Å². The molecule has 0 unspecified atom stereocenters. The Hall–Kier alpha value is -1.18. The summed E-state index contributed by atoms with van der Waals surface area (Å²) in [5.74, 6) is 0. The number of nitrogens with zero attached hydrogens (tertiary/aromatic N) is 2. The van der Waals surface area contributed by atoms with E-state index in [4.69, 9.17) is 13.3 Å². The van der Waals surface area contributed by atoms with Crippen molar-refractivity contribution in [1.82, 2.24) is 4.57 Å². The standard InChI is InChI=1S/C18H29N2O3Si.ClH/c1-15-12-16(2)18(17(3)13-15)20-10-9-19(14-20)8-7-11-24(21-4,22-5)23-6;/h9-10,12-14H,7-8,11H2,1-6H3;1H/q+1;/p-1. The monoisotopic (exact) mass is 384 g/mol. The van der Waals surface area contributed by atoms with Crippen LogP contribution < -0.4 is 17.0 Å². The minimum absolute atomic E-state index is 0. The minimum Gasteiger partial charge on any atom is -1.00 e. The van der Waals surface area contributed by atoms with Crippen LogP contribution in [0, 0.1) is 20.8 Å². The van der Waals surface area contributed by atoms with Gasteiger partial charge >= 0.3 is 8.80 Å². The third-order valence-electron chi connectivity index (χ3n) is 4.42. The lowest BCUT2D eigenvalue weighted by atomic mass is 10.1. The van der Waals surface area contributed by atoms with E-state index in [0.717, 1.165) is 19.0 Å². The fourth-order valence-corrected chi connectivity index (χ4v) is 4.98. The molecule has 0 saturated carbocycles. The van der Waals surface area contributed by atoms with Gasteiger partial charge in [-0.2, -0.15) is 0 Å². The molecule has 7 heteroatoms. The molecule has 0 fully saturated rings. The maximum atomic E-state index is 5.47.